The molecule has 0 bridgehead atoms. The molecule has 1 aromatic carbocycles. The number of nitrogens with one attached hydrogen (secondary N) is 1. The Balaban J connectivity index is 2.12. The summed E-state index contributed by atoms with van der Waals surface area (Å²) in [5.41, 5.74) is 0.952. The maximum atomic E-state index is 12.7. The molecule has 0 aliphatic carbocycles. The van der Waals surface area contributed by atoms with Crippen LogP contribution in [-0.4, -0.2) is 49.6 Å². The van der Waals surface area contributed by atoms with Crippen molar-refractivity contribution in [1.82, 2.24) is 10.2 Å². The van der Waals surface area contributed by atoms with Gasteiger partial charge in [-0.1, -0.05) is 30.3 Å². The van der Waals surface area contributed by atoms with Gasteiger partial charge in [-0.2, -0.15) is 0 Å². The first-order valence-electron chi connectivity index (χ1n) is 7.20. The molecule has 1 heterocycles. The lowest BCUT2D eigenvalue weighted by atomic mass is 10.1. The molecule has 0 aromatic heterocycles. The lowest BCUT2D eigenvalue weighted by Gasteiger charge is -2.30. The molecule has 1 saturated heterocycles. The number of nitrogens with zero attached hydrogens (tertiary/aromatic N) is 1. The minimum atomic E-state index is -0.661. The Bertz CT molecular complexity index is 522. The molecular formula is C15H20BN2O4. The molecule has 1 N–H and O–H groups in total. The van der Waals surface area contributed by atoms with Crippen molar-refractivity contribution in [2.75, 3.05) is 7.11 Å². The zero-order valence-electron chi connectivity index (χ0n) is 13.0. The van der Waals surface area contributed by atoms with Crippen molar-refractivity contribution in [2.24, 2.45) is 0 Å². The molecule has 1 aromatic rings. The van der Waals surface area contributed by atoms with Crippen LogP contribution in [0.2, 0.25) is 0 Å². The largest absolute Gasteiger partial charge is 0.467 e. The number of hydrogen-bond acceptors (Lipinski definition) is 5. The van der Waals surface area contributed by atoms with E-state index in [4.69, 9.17) is 9.39 Å². The molecule has 0 saturated carbocycles. The second-order valence-corrected chi connectivity index (χ2v) is 5.23. The van der Waals surface area contributed by atoms with Gasteiger partial charge in [0.25, 0.3) is 0 Å². The summed E-state index contributed by atoms with van der Waals surface area (Å²) in [7, 11) is 2.92. The monoisotopic (exact) mass is 303 g/mol. The van der Waals surface area contributed by atoms with E-state index in [1.54, 1.807) is 21.3 Å². The third kappa shape index (κ3) is 4.32. The van der Waals surface area contributed by atoms with Gasteiger partial charge in [0.1, 0.15) is 6.04 Å². The van der Waals surface area contributed by atoms with Crippen molar-refractivity contribution < 1.29 is 19.0 Å². The van der Waals surface area contributed by atoms with Gasteiger partial charge in [-0.3, -0.25) is 10.1 Å². The zero-order chi connectivity index (χ0) is 16.1. The molecule has 6 nitrogen and oxygen atoms in total. The van der Waals surface area contributed by atoms with Gasteiger partial charge >= 0.3 is 13.5 Å². The summed E-state index contributed by atoms with van der Waals surface area (Å²) < 4.78 is 9.73. The van der Waals surface area contributed by atoms with Crippen LogP contribution in [0.15, 0.2) is 30.3 Å². The average molecular weight is 303 g/mol. The quantitative estimate of drug-likeness (QED) is 0.451. The van der Waals surface area contributed by atoms with Gasteiger partial charge in [0, 0.05) is 6.54 Å². The number of esters is 1. The molecule has 1 fully saturated rings. The maximum absolute atomic E-state index is 12.7. The summed E-state index contributed by atoms with van der Waals surface area (Å²) in [5, 5.41) is 3.01. The van der Waals surface area contributed by atoms with Crippen molar-refractivity contribution in [2.45, 2.75) is 38.6 Å². The van der Waals surface area contributed by atoms with Crippen molar-refractivity contribution in [3.05, 3.63) is 35.9 Å². The summed E-state index contributed by atoms with van der Waals surface area (Å²) in [6.45, 7) is 3.76. The first kappa shape index (κ1) is 16.5. The number of rotatable bonds is 7. The molecule has 0 spiro atoms. The lowest BCUT2D eigenvalue weighted by molar-refractivity contribution is -0.153. The fourth-order valence-electron chi connectivity index (χ4n) is 2.17. The van der Waals surface area contributed by atoms with Crippen molar-refractivity contribution >= 4 is 19.4 Å². The van der Waals surface area contributed by atoms with Gasteiger partial charge in [0.15, 0.2) is 0 Å². The van der Waals surface area contributed by atoms with Crippen LogP contribution in [0.1, 0.15) is 19.4 Å². The van der Waals surface area contributed by atoms with Crippen LogP contribution >= 0.6 is 0 Å². The molecule has 7 heteroatoms. The van der Waals surface area contributed by atoms with Crippen LogP contribution in [-0.2, 0) is 25.5 Å². The highest BCUT2D eigenvalue weighted by Crippen LogP contribution is 2.13. The van der Waals surface area contributed by atoms with Gasteiger partial charge < -0.3 is 14.3 Å². The number of methoxy groups -OCH3 is 1. The van der Waals surface area contributed by atoms with Gasteiger partial charge in [-0.05, 0) is 19.4 Å². The highest BCUT2D eigenvalue weighted by Gasteiger charge is 2.34. The van der Waals surface area contributed by atoms with Crippen LogP contribution in [0.3, 0.4) is 0 Å². The van der Waals surface area contributed by atoms with Crippen molar-refractivity contribution in [1.29, 1.82) is 0 Å². The minimum absolute atomic E-state index is 0.175. The summed E-state index contributed by atoms with van der Waals surface area (Å²) in [6, 6.07) is 8.42. The first-order chi connectivity index (χ1) is 10.5. The van der Waals surface area contributed by atoms with E-state index in [9.17, 15) is 9.59 Å². The molecule has 117 valence electrons. The number of benzene rings is 1. The van der Waals surface area contributed by atoms with Crippen LogP contribution in [0.5, 0.6) is 0 Å². The number of hydrogen-bond donors (Lipinski definition) is 1. The Morgan fingerprint density at radius 1 is 1.36 bits per heavy atom. The third-order valence-electron chi connectivity index (χ3n) is 3.55. The van der Waals surface area contributed by atoms with Gasteiger partial charge in [-0.25, -0.2) is 4.79 Å². The SMILES string of the molecule is COC(=O)C(C)N(Cc1ccccc1)C(=O)C(C)NC1[B]O1. The van der Waals surface area contributed by atoms with E-state index in [1.807, 2.05) is 30.3 Å². The second kappa shape index (κ2) is 7.42. The Morgan fingerprint density at radius 3 is 2.55 bits per heavy atom. The standard InChI is InChI=1S/C15H20BN2O4/c1-10(17-15-16-22-15)13(19)18(11(2)14(20)21-3)9-12-7-5-4-6-8-12/h4-8,10-11,15,17H,9H2,1-3H3. The van der Waals surface area contributed by atoms with Gasteiger partial charge in [0.2, 0.25) is 5.91 Å². The number of carbonyl (C=O) groups excluding carboxylic acids is 2. The second-order valence-electron chi connectivity index (χ2n) is 5.23. The molecule has 1 aliphatic rings. The average Bonchev–Trinajstić information content (AvgIpc) is 3.35. The fraction of sp³-hybridized carbons (Fsp3) is 0.467. The third-order valence-corrected chi connectivity index (χ3v) is 3.55. The smallest absolute Gasteiger partial charge is 0.342 e. The maximum Gasteiger partial charge on any atom is 0.342 e. The summed E-state index contributed by atoms with van der Waals surface area (Å²) in [4.78, 5) is 26.0. The molecule has 3 atom stereocenters. The van der Waals surface area contributed by atoms with Gasteiger partial charge in [-0.15, -0.1) is 0 Å². The molecule has 2 rings (SSSR count). The van der Waals surface area contributed by atoms with Gasteiger partial charge in [0.05, 0.1) is 19.3 Å². The number of ether oxygens (including phenoxy) is 1. The van der Waals surface area contributed by atoms with Crippen LogP contribution < -0.4 is 5.32 Å². The highest BCUT2D eigenvalue weighted by atomic mass is 16.5. The highest BCUT2D eigenvalue weighted by molar-refractivity contribution is 6.38. The van der Waals surface area contributed by atoms with E-state index in [-0.39, 0.29) is 12.0 Å². The van der Waals surface area contributed by atoms with E-state index >= 15 is 0 Å². The predicted octanol–water partition coefficient (Wildman–Crippen LogP) is 0.488. The summed E-state index contributed by atoms with van der Waals surface area (Å²) >= 11 is 0. The van der Waals surface area contributed by atoms with Crippen LogP contribution in [0.4, 0.5) is 0 Å². The number of amides is 1. The predicted molar refractivity (Wildman–Crippen MR) is 81.7 cm³/mol. The normalized spacial score (nSPS) is 18.8. The van der Waals surface area contributed by atoms with E-state index < -0.39 is 18.1 Å². The fourth-order valence-corrected chi connectivity index (χ4v) is 2.17. The topological polar surface area (TPSA) is 71.2 Å². The zero-order valence-corrected chi connectivity index (χ0v) is 13.0. The molecule has 22 heavy (non-hydrogen) atoms. The lowest BCUT2D eigenvalue weighted by Crippen LogP contribution is -2.51. The Hall–Kier alpha value is -1.86. The number of carbonyl (C=O) groups is 2. The van der Waals surface area contributed by atoms with E-state index in [0.717, 1.165) is 5.56 Å². The molecular weight excluding hydrogens is 283 g/mol. The minimum Gasteiger partial charge on any atom is -0.467 e. The summed E-state index contributed by atoms with van der Waals surface area (Å²) in [5.74, 6) is -0.614. The van der Waals surface area contributed by atoms with E-state index in [1.165, 1.54) is 12.0 Å². The van der Waals surface area contributed by atoms with Crippen LogP contribution in [0, 0.1) is 0 Å². The van der Waals surface area contributed by atoms with Crippen molar-refractivity contribution in [3.8, 4) is 0 Å². The first-order valence-corrected chi connectivity index (χ1v) is 7.20. The van der Waals surface area contributed by atoms with Crippen molar-refractivity contribution in [3.63, 3.8) is 0 Å². The van der Waals surface area contributed by atoms with E-state index in [2.05, 4.69) is 5.32 Å². The molecule has 3 unspecified atom stereocenters. The molecule has 1 aliphatic heterocycles. The molecule has 1 radical (unpaired) electrons. The van der Waals surface area contributed by atoms with Crippen LogP contribution in [0.25, 0.3) is 0 Å². The Morgan fingerprint density at radius 2 is 2.00 bits per heavy atom. The van der Waals surface area contributed by atoms with E-state index in [0.29, 0.717) is 6.54 Å². The summed E-state index contributed by atoms with van der Waals surface area (Å²) in [6.07, 6.45) is -0.189. The molecule has 1 amide bonds. The Kier molecular flexibility index (Phi) is 5.57. The Labute approximate surface area is 131 Å².